The average Bonchev–Trinajstić information content (AvgIpc) is 2.72. The summed E-state index contributed by atoms with van der Waals surface area (Å²) in [6.07, 6.45) is 0.0358. The predicted molar refractivity (Wildman–Crippen MR) is 112 cm³/mol. The van der Waals surface area contributed by atoms with Crippen molar-refractivity contribution < 1.29 is 14.3 Å². The van der Waals surface area contributed by atoms with Gasteiger partial charge in [0.1, 0.15) is 18.1 Å². The largest absolute Gasteiger partial charge is 0.489 e. The fourth-order valence-electron chi connectivity index (χ4n) is 2.77. The Morgan fingerprint density at radius 3 is 2.36 bits per heavy atom. The average molecular weight is 375 g/mol. The number of rotatable bonds is 8. The lowest BCUT2D eigenvalue weighted by Crippen LogP contribution is -2.32. The number of carbonyl (C=O) groups excluding carboxylic acids is 1. The van der Waals surface area contributed by atoms with E-state index in [-0.39, 0.29) is 5.91 Å². The molecular weight excluding hydrogens is 350 g/mol. The number of benzene rings is 3. The number of hydrogen-bond acceptors (Lipinski definition) is 3. The number of amides is 1. The molecule has 3 aromatic rings. The number of aryl methyl sites for hydroxylation is 1. The lowest BCUT2D eigenvalue weighted by Gasteiger charge is -2.17. The minimum atomic E-state index is -0.546. The second-order valence-corrected chi connectivity index (χ2v) is 6.62. The highest BCUT2D eigenvalue weighted by Gasteiger charge is 2.18. The molecule has 0 saturated carbocycles. The van der Waals surface area contributed by atoms with Crippen molar-refractivity contribution >= 4 is 11.6 Å². The van der Waals surface area contributed by atoms with E-state index in [1.165, 1.54) is 0 Å². The van der Waals surface area contributed by atoms with E-state index in [4.69, 9.17) is 9.47 Å². The zero-order chi connectivity index (χ0) is 19.8. The Bertz CT molecular complexity index is 891. The van der Waals surface area contributed by atoms with Gasteiger partial charge in [-0.05, 0) is 60.9 Å². The van der Waals surface area contributed by atoms with Gasteiger partial charge in [0.05, 0.1) is 0 Å². The Labute approximate surface area is 166 Å². The molecule has 0 aliphatic carbocycles. The fourth-order valence-corrected chi connectivity index (χ4v) is 2.77. The van der Waals surface area contributed by atoms with Gasteiger partial charge >= 0.3 is 0 Å². The van der Waals surface area contributed by atoms with Gasteiger partial charge in [-0.25, -0.2) is 0 Å². The van der Waals surface area contributed by atoms with Crippen LogP contribution in [0.1, 0.15) is 24.5 Å². The monoisotopic (exact) mass is 375 g/mol. The van der Waals surface area contributed by atoms with Crippen LogP contribution in [0.15, 0.2) is 78.9 Å². The quantitative estimate of drug-likeness (QED) is 0.576. The summed E-state index contributed by atoms with van der Waals surface area (Å²) in [5.41, 5.74) is 2.92. The van der Waals surface area contributed by atoms with Gasteiger partial charge in [0, 0.05) is 5.69 Å². The summed E-state index contributed by atoms with van der Waals surface area (Å²) >= 11 is 0. The van der Waals surface area contributed by atoms with Gasteiger partial charge in [0.25, 0.3) is 5.91 Å². The molecule has 0 heterocycles. The van der Waals surface area contributed by atoms with Crippen LogP contribution in [0.4, 0.5) is 5.69 Å². The van der Waals surface area contributed by atoms with Gasteiger partial charge in [0.15, 0.2) is 6.10 Å². The minimum Gasteiger partial charge on any atom is -0.489 e. The summed E-state index contributed by atoms with van der Waals surface area (Å²) in [4.78, 5) is 12.6. The number of anilines is 1. The minimum absolute atomic E-state index is 0.165. The molecule has 0 spiro atoms. The molecule has 144 valence electrons. The molecule has 0 fully saturated rings. The van der Waals surface area contributed by atoms with Crippen LogP contribution in [0.5, 0.6) is 11.5 Å². The molecule has 4 nitrogen and oxygen atoms in total. The molecule has 4 heteroatoms. The van der Waals surface area contributed by atoms with Crippen molar-refractivity contribution in [2.24, 2.45) is 0 Å². The van der Waals surface area contributed by atoms with Gasteiger partial charge in [0.2, 0.25) is 0 Å². The normalized spacial score (nSPS) is 11.5. The molecule has 0 radical (unpaired) electrons. The number of hydrogen-bond donors (Lipinski definition) is 1. The van der Waals surface area contributed by atoms with Gasteiger partial charge in [-0.3, -0.25) is 4.79 Å². The maximum Gasteiger partial charge on any atom is 0.265 e. The highest BCUT2D eigenvalue weighted by Crippen LogP contribution is 2.19. The van der Waals surface area contributed by atoms with Crippen LogP contribution < -0.4 is 14.8 Å². The molecule has 0 aliphatic heterocycles. The van der Waals surface area contributed by atoms with E-state index in [9.17, 15) is 4.79 Å². The van der Waals surface area contributed by atoms with Gasteiger partial charge in [-0.2, -0.15) is 0 Å². The van der Waals surface area contributed by atoms with Crippen LogP contribution >= 0.6 is 0 Å². The van der Waals surface area contributed by atoms with Crippen LogP contribution in [-0.2, 0) is 11.4 Å². The predicted octanol–water partition coefficient (Wildman–Crippen LogP) is 5.37. The third kappa shape index (κ3) is 5.61. The van der Waals surface area contributed by atoms with Crippen molar-refractivity contribution in [3.8, 4) is 11.5 Å². The molecule has 28 heavy (non-hydrogen) atoms. The Morgan fingerprint density at radius 2 is 1.68 bits per heavy atom. The zero-order valence-electron chi connectivity index (χ0n) is 16.2. The molecular formula is C24H25NO3. The van der Waals surface area contributed by atoms with Crippen molar-refractivity contribution in [3.63, 3.8) is 0 Å². The van der Waals surface area contributed by atoms with Crippen molar-refractivity contribution in [1.82, 2.24) is 0 Å². The van der Waals surface area contributed by atoms with E-state index in [1.54, 1.807) is 0 Å². The molecule has 0 aliphatic rings. The summed E-state index contributed by atoms with van der Waals surface area (Å²) in [6, 6.07) is 25.1. The Balaban J connectivity index is 1.55. The van der Waals surface area contributed by atoms with E-state index in [0.717, 1.165) is 16.9 Å². The SMILES string of the molecule is CC[C@@H](Oc1cccc(C)c1)C(=O)Nc1ccc(OCc2ccccc2)cc1. The molecule has 3 rings (SSSR count). The van der Waals surface area contributed by atoms with Crippen molar-refractivity contribution in [2.45, 2.75) is 33.0 Å². The lowest BCUT2D eigenvalue weighted by atomic mass is 10.2. The maximum atomic E-state index is 12.6. The van der Waals surface area contributed by atoms with Gasteiger partial charge in [-0.1, -0.05) is 49.4 Å². The standard InChI is InChI=1S/C24H25NO3/c1-3-23(28-22-11-7-8-18(2)16-22)24(26)25-20-12-14-21(15-13-20)27-17-19-9-5-4-6-10-19/h4-16,23H,3,17H2,1-2H3,(H,25,26)/t23-/m1/s1. The molecule has 1 atom stereocenters. The molecule has 1 amide bonds. The first-order valence-corrected chi connectivity index (χ1v) is 9.45. The molecule has 0 saturated heterocycles. The highest BCUT2D eigenvalue weighted by molar-refractivity contribution is 5.94. The van der Waals surface area contributed by atoms with Crippen molar-refractivity contribution in [3.05, 3.63) is 90.0 Å². The van der Waals surface area contributed by atoms with Crippen molar-refractivity contribution in [2.75, 3.05) is 5.32 Å². The lowest BCUT2D eigenvalue weighted by molar-refractivity contribution is -0.122. The highest BCUT2D eigenvalue weighted by atomic mass is 16.5. The van der Waals surface area contributed by atoms with E-state index in [2.05, 4.69) is 5.32 Å². The molecule has 1 N–H and O–H groups in total. The van der Waals surface area contributed by atoms with E-state index >= 15 is 0 Å². The molecule has 3 aromatic carbocycles. The van der Waals surface area contributed by atoms with Crippen LogP contribution in [0.2, 0.25) is 0 Å². The maximum absolute atomic E-state index is 12.6. The Hall–Kier alpha value is -3.27. The summed E-state index contributed by atoms with van der Waals surface area (Å²) in [6.45, 7) is 4.44. The number of nitrogens with one attached hydrogen (secondary N) is 1. The third-order valence-corrected chi connectivity index (χ3v) is 4.30. The Kier molecular flexibility index (Phi) is 6.68. The number of carbonyl (C=O) groups is 1. The molecule has 0 bridgehead atoms. The first-order valence-electron chi connectivity index (χ1n) is 9.45. The van der Waals surface area contributed by atoms with Gasteiger partial charge in [-0.15, -0.1) is 0 Å². The molecule has 0 aromatic heterocycles. The van der Waals surface area contributed by atoms with Crippen LogP contribution in [0.3, 0.4) is 0 Å². The first kappa shape index (κ1) is 19.5. The van der Waals surface area contributed by atoms with Crippen LogP contribution in [0.25, 0.3) is 0 Å². The topological polar surface area (TPSA) is 47.6 Å². The van der Waals surface area contributed by atoms with Crippen molar-refractivity contribution in [1.29, 1.82) is 0 Å². The second kappa shape index (κ2) is 9.60. The molecule has 0 unspecified atom stereocenters. The summed E-state index contributed by atoms with van der Waals surface area (Å²) < 4.78 is 11.6. The Morgan fingerprint density at radius 1 is 0.929 bits per heavy atom. The first-order chi connectivity index (χ1) is 13.6. The summed E-state index contributed by atoms with van der Waals surface area (Å²) in [5, 5.41) is 2.91. The fraction of sp³-hybridized carbons (Fsp3) is 0.208. The second-order valence-electron chi connectivity index (χ2n) is 6.62. The van der Waals surface area contributed by atoms with Gasteiger partial charge < -0.3 is 14.8 Å². The zero-order valence-corrected chi connectivity index (χ0v) is 16.2. The van der Waals surface area contributed by atoms with E-state index in [1.807, 2.05) is 92.7 Å². The van der Waals surface area contributed by atoms with Crippen LogP contribution in [0, 0.1) is 6.92 Å². The third-order valence-electron chi connectivity index (χ3n) is 4.30. The smallest absolute Gasteiger partial charge is 0.265 e. The summed E-state index contributed by atoms with van der Waals surface area (Å²) in [7, 11) is 0. The number of ether oxygens (including phenoxy) is 2. The summed E-state index contributed by atoms with van der Waals surface area (Å²) in [5.74, 6) is 1.29. The van der Waals surface area contributed by atoms with E-state index < -0.39 is 6.10 Å². The van der Waals surface area contributed by atoms with Crippen LogP contribution in [-0.4, -0.2) is 12.0 Å². The van der Waals surface area contributed by atoms with E-state index in [0.29, 0.717) is 24.5 Å².